The molecule has 1 atom stereocenters. The average molecular weight is 406 g/mol. The number of carboxylic acids is 1. The summed E-state index contributed by atoms with van der Waals surface area (Å²) in [5.74, 6) is -1.50. The molecular weight excluding hydrogens is 389 g/mol. The van der Waals surface area contributed by atoms with Crippen LogP contribution in [0.15, 0.2) is 48.5 Å². The van der Waals surface area contributed by atoms with E-state index >= 15 is 0 Å². The van der Waals surface area contributed by atoms with Crippen LogP contribution in [-0.4, -0.2) is 28.9 Å². The molecule has 0 aliphatic heterocycles. The topological polar surface area (TPSA) is 90.6 Å². The third-order valence-electron chi connectivity index (χ3n) is 4.03. The van der Waals surface area contributed by atoms with Gasteiger partial charge in [-0.15, -0.1) is 0 Å². The van der Waals surface area contributed by atoms with E-state index in [0.717, 1.165) is 17.0 Å². The van der Waals surface area contributed by atoms with Gasteiger partial charge in [-0.2, -0.15) is 18.4 Å². The first kappa shape index (κ1) is 21.8. The number of hydrogen-bond donors (Lipinski definition) is 1. The maximum atomic E-state index is 12.8. The fourth-order valence-corrected chi connectivity index (χ4v) is 2.54. The minimum absolute atomic E-state index is 0.0311. The van der Waals surface area contributed by atoms with Crippen molar-refractivity contribution >= 4 is 11.9 Å². The summed E-state index contributed by atoms with van der Waals surface area (Å²) in [4.78, 5) is 23.8. The Labute approximate surface area is 164 Å². The second-order valence-corrected chi connectivity index (χ2v) is 6.13. The molecular formula is C20H17F3N2O4. The summed E-state index contributed by atoms with van der Waals surface area (Å²) in [6.07, 6.45) is -5.13. The Morgan fingerprint density at radius 1 is 1.14 bits per heavy atom. The lowest BCUT2D eigenvalue weighted by atomic mass is 10.1. The molecule has 1 unspecified atom stereocenters. The summed E-state index contributed by atoms with van der Waals surface area (Å²) >= 11 is 0. The Balaban J connectivity index is 2.20. The fraction of sp³-hybridized carbons (Fsp3) is 0.250. The van der Waals surface area contributed by atoms with Crippen molar-refractivity contribution < 1.29 is 32.6 Å². The van der Waals surface area contributed by atoms with Gasteiger partial charge in [-0.05, 0) is 35.9 Å². The third kappa shape index (κ3) is 5.97. The van der Waals surface area contributed by atoms with Gasteiger partial charge in [-0.3, -0.25) is 9.59 Å². The van der Waals surface area contributed by atoms with Gasteiger partial charge in [0.25, 0.3) is 0 Å². The first-order chi connectivity index (χ1) is 13.6. The molecule has 29 heavy (non-hydrogen) atoms. The van der Waals surface area contributed by atoms with Crippen molar-refractivity contribution in [3.05, 3.63) is 59.7 Å². The van der Waals surface area contributed by atoms with Crippen LogP contribution in [0.1, 0.15) is 30.0 Å². The Bertz CT molecular complexity index is 938. The highest BCUT2D eigenvalue weighted by molar-refractivity contribution is 5.81. The number of alkyl halides is 3. The van der Waals surface area contributed by atoms with Gasteiger partial charge in [-0.1, -0.05) is 18.2 Å². The zero-order valence-corrected chi connectivity index (χ0v) is 15.3. The summed E-state index contributed by atoms with van der Waals surface area (Å²) in [6.45, 7) is 0. The van der Waals surface area contributed by atoms with E-state index in [4.69, 9.17) is 9.84 Å². The van der Waals surface area contributed by atoms with E-state index in [9.17, 15) is 28.0 Å². The van der Waals surface area contributed by atoms with Crippen LogP contribution in [0.5, 0.6) is 11.5 Å². The predicted molar refractivity (Wildman–Crippen MR) is 96.0 cm³/mol. The van der Waals surface area contributed by atoms with Crippen LogP contribution >= 0.6 is 0 Å². The summed E-state index contributed by atoms with van der Waals surface area (Å²) in [7, 11) is 1.37. The molecule has 152 valence electrons. The molecule has 2 rings (SSSR count). The van der Waals surface area contributed by atoms with Crippen LogP contribution in [0.25, 0.3) is 0 Å². The van der Waals surface area contributed by atoms with Crippen LogP contribution in [0.3, 0.4) is 0 Å². The molecule has 0 aliphatic carbocycles. The first-order valence-electron chi connectivity index (χ1n) is 8.44. The number of carbonyl (C=O) groups excluding carboxylic acids is 1. The lowest BCUT2D eigenvalue weighted by Crippen LogP contribution is -2.30. The van der Waals surface area contributed by atoms with E-state index < -0.39 is 29.7 Å². The molecule has 0 bridgehead atoms. The normalized spacial score (nSPS) is 12.0. The lowest BCUT2D eigenvalue weighted by Gasteiger charge is -2.23. The van der Waals surface area contributed by atoms with E-state index in [0.29, 0.717) is 5.56 Å². The average Bonchev–Trinajstić information content (AvgIpc) is 2.66. The molecule has 9 heteroatoms. The van der Waals surface area contributed by atoms with Gasteiger partial charge in [0, 0.05) is 13.5 Å². The molecule has 0 aromatic heterocycles. The van der Waals surface area contributed by atoms with Gasteiger partial charge in [0.1, 0.15) is 17.5 Å². The standard InChI is InChI=1S/C20H17F3N2O4/c1-25(18(26)8-9-19(27)28)17(12-24)13-4-2-6-15(10-13)29-16-7-3-5-14(11-16)20(21,22)23/h2-7,10-11,17H,8-9H2,1H3,(H,27,28). The minimum Gasteiger partial charge on any atom is -0.481 e. The van der Waals surface area contributed by atoms with E-state index in [-0.39, 0.29) is 24.3 Å². The molecule has 0 aliphatic rings. The second-order valence-electron chi connectivity index (χ2n) is 6.13. The summed E-state index contributed by atoms with van der Waals surface area (Å²) in [6, 6.07) is 11.4. The van der Waals surface area contributed by atoms with Crippen molar-refractivity contribution in [1.82, 2.24) is 4.90 Å². The number of carboxylic acid groups (broad SMARTS) is 1. The monoisotopic (exact) mass is 406 g/mol. The Hall–Kier alpha value is -3.54. The number of nitriles is 1. The molecule has 0 fully saturated rings. The van der Waals surface area contributed by atoms with Crippen LogP contribution in [0.2, 0.25) is 0 Å². The maximum Gasteiger partial charge on any atom is 0.416 e. The zero-order chi connectivity index (χ0) is 21.6. The van der Waals surface area contributed by atoms with Crippen LogP contribution in [-0.2, 0) is 15.8 Å². The highest BCUT2D eigenvalue weighted by Crippen LogP contribution is 2.33. The third-order valence-corrected chi connectivity index (χ3v) is 4.03. The molecule has 1 amide bonds. The molecule has 1 N–H and O–H groups in total. The van der Waals surface area contributed by atoms with E-state index in [2.05, 4.69) is 0 Å². The van der Waals surface area contributed by atoms with Crippen molar-refractivity contribution in [2.24, 2.45) is 0 Å². The van der Waals surface area contributed by atoms with Gasteiger partial charge in [0.15, 0.2) is 0 Å². The fourth-order valence-electron chi connectivity index (χ4n) is 2.54. The van der Waals surface area contributed by atoms with Crippen molar-refractivity contribution in [1.29, 1.82) is 5.26 Å². The lowest BCUT2D eigenvalue weighted by molar-refractivity contribution is -0.140. The largest absolute Gasteiger partial charge is 0.481 e. The number of amides is 1. The zero-order valence-electron chi connectivity index (χ0n) is 15.3. The smallest absolute Gasteiger partial charge is 0.416 e. The van der Waals surface area contributed by atoms with E-state index in [1.807, 2.05) is 6.07 Å². The summed E-state index contributed by atoms with van der Waals surface area (Å²) < 4.78 is 44.0. The van der Waals surface area contributed by atoms with Crippen molar-refractivity contribution in [3.63, 3.8) is 0 Å². The quantitative estimate of drug-likeness (QED) is 0.737. The SMILES string of the molecule is CN(C(=O)CCC(=O)O)C(C#N)c1cccc(Oc2cccc(C(F)(F)F)c2)c1. The maximum absolute atomic E-state index is 12.8. The summed E-state index contributed by atoms with van der Waals surface area (Å²) in [5, 5.41) is 18.1. The minimum atomic E-state index is -4.51. The number of aliphatic carboxylic acids is 1. The molecule has 0 spiro atoms. The molecule has 6 nitrogen and oxygen atoms in total. The van der Waals surface area contributed by atoms with Crippen molar-refractivity contribution in [3.8, 4) is 17.6 Å². The van der Waals surface area contributed by atoms with Gasteiger partial charge >= 0.3 is 12.1 Å². The molecule has 2 aromatic rings. The van der Waals surface area contributed by atoms with Gasteiger partial charge in [-0.25, -0.2) is 0 Å². The van der Waals surface area contributed by atoms with Gasteiger partial charge in [0.2, 0.25) is 5.91 Å². The van der Waals surface area contributed by atoms with E-state index in [1.54, 1.807) is 6.07 Å². The number of nitrogens with zero attached hydrogens (tertiary/aromatic N) is 2. The number of halogens is 3. The molecule has 0 heterocycles. The van der Waals surface area contributed by atoms with Gasteiger partial charge < -0.3 is 14.7 Å². The second kappa shape index (κ2) is 9.10. The Kier molecular flexibility index (Phi) is 6.83. The Morgan fingerprint density at radius 3 is 2.34 bits per heavy atom. The number of carbonyl (C=O) groups is 2. The predicted octanol–water partition coefficient (Wildman–Crippen LogP) is 4.39. The highest BCUT2D eigenvalue weighted by Gasteiger charge is 2.30. The van der Waals surface area contributed by atoms with Crippen LogP contribution < -0.4 is 4.74 Å². The molecule has 2 aromatic carbocycles. The highest BCUT2D eigenvalue weighted by atomic mass is 19.4. The van der Waals surface area contributed by atoms with Crippen LogP contribution in [0.4, 0.5) is 13.2 Å². The summed E-state index contributed by atoms with van der Waals surface area (Å²) in [5.41, 5.74) is -0.479. The molecule has 0 saturated heterocycles. The number of hydrogen-bond acceptors (Lipinski definition) is 4. The van der Waals surface area contributed by atoms with Crippen molar-refractivity contribution in [2.45, 2.75) is 25.1 Å². The molecule has 0 radical (unpaired) electrons. The first-order valence-corrected chi connectivity index (χ1v) is 8.44. The number of ether oxygens (including phenoxy) is 1. The van der Waals surface area contributed by atoms with Crippen LogP contribution in [0, 0.1) is 11.3 Å². The number of rotatable bonds is 7. The van der Waals surface area contributed by atoms with Crippen molar-refractivity contribution in [2.75, 3.05) is 7.05 Å². The molecule has 0 saturated carbocycles. The van der Waals surface area contributed by atoms with E-state index in [1.165, 1.54) is 37.4 Å². The Morgan fingerprint density at radius 2 is 1.76 bits per heavy atom. The van der Waals surface area contributed by atoms with Gasteiger partial charge in [0.05, 0.1) is 18.1 Å². The number of benzene rings is 2.